The van der Waals surface area contributed by atoms with E-state index in [0.29, 0.717) is 5.56 Å². The van der Waals surface area contributed by atoms with Gasteiger partial charge in [-0.2, -0.15) is 0 Å². The number of aromatic hydroxyl groups is 1. The molecule has 0 unspecified atom stereocenters. The van der Waals surface area contributed by atoms with Crippen LogP contribution in [0.1, 0.15) is 19.4 Å². The highest BCUT2D eigenvalue weighted by Gasteiger charge is 2.20. The van der Waals surface area contributed by atoms with Crippen LogP contribution in [0.2, 0.25) is 0 Å². The quantitative estimate of drug-likeness (QED) is 0.554. The number of phenolic OH excluding ortho intramolecular Hbond substituents is 1. The first-order valence-electron chi connectivity index (χ1n) is 4.09. The Morgan fingerprint density at radius 1 is 1.50 bits per heavy atom. The Labute approximate surface area is 81.3 Å². The predicted octanol–water partition coefficient (Wildman–Crippen LogP) is 1.49. The van der Waals surface area contributed by atoms with Crippen LogP contribution in [0.25, 0.3) is 0 Å². The van der Waals surface area contributed by atoms with Crippen LogP contribution in [0.5, 0.6) is 5.75 Å². The normalized spacial score (nSPS) is 11.4. The fourth-order valence-corrected chi connectivity index (χ4v) is 1.07. The van der Waals surface area contributed by atoms with Crippen LogP contribution in [0, 0.1) is 10.1 Å². The summed E-state index contributed by atoms with van der Waals surface area (Å²) in [7, 11) is 0. The van der Waals surface area contributed by atoms with Crippen LogP contribution in [-0.2, 0) is 5.54 Å². The van der Waals surface area contributed by atoms with Crippen molar-refractivity contribution in [2.24, 2.45) is 5.73 Å². The number of nitro groups is 1. The monoisotopic (exact) mass is 196 g/mol. The molecule has 0 heterocycles. The minimum atomic E-state index is -0.654. The first-order chi connectivity index (χ1) is 6.32. The predicted molar refractivity (Wildman–Crippen MR) is 52.0 cm³/mol. The van der Waals surface area contributed by atoms with Gasteiger partial charge < -0.3 is 10.8 Å². The van der Waals surface area contributed by atoms with E-state index in [9.17, 15) is 15.2 Å². The Bertz CT molecular complexity index is 369. The molecule has 1 rings (SSSR count). The van der Waals surface area contributed by atoms with Gasteiger partial charge in [0.25, 0.3) is 0 Å². The number of phenols is 1. The summed E-state index contributed by atoms with van der Waals surface area (Å²) in [4.78, 5) is 9.87. The van der Waals surface area contributed by atoms with Crippen molar-refractivity contribution >= 4 is 5.69 Å². The van der Waals surface area contributed by atoms with E-state index in [1.54, 1.807) is 19.9 Å². The maximum Gasteiger partial charge on any atom is 0.311 e. The van der Waals surface area contributed by atoms with Gasteiger partial charge in [-0.25, -0.2) is 0 Å². The Kier molecular flexibility index (Phi) is 2.44. The topological polar surface area (TPSA) is 89.4 Å². The summed E-state index contributed by atoms with van der Waals surface area (Å²) in [5, 5.41) is 19.7. The van der Waals surface area contributed by atoms with Gasteiger partial charge in [-0.1, -0.05) is 6.07 Å². The van der Waals surface area contributed by atoms with E-state index in [-0.39, 0.29) is 11.4 Å². The van der Waals surface area contributed by atoms with E-state index in [1.807, 2.05) is 0 Å². The summed E-state index contributed by atoms with van der Waals surface area (Å²) >= 11 is 0. The molecule has 0 aliphatic heterocycles. The maximum atomic E-state index is 10.5. The maximum absolute atomic E-state index is 10.5. The zero-order chi connectivity index (χ0) is 10.9. The fraction of sp³-hybridized carbons (Fsp3) is 0.333. The number of nitro benzene ring substituents is 1. The van der Waals surface area contributed by atoms with Gasteiger partial charge in [0.05, 0.1) is 4.92 Å². The highest BCUT2D eigenvalue weighted by atomic mass is 16.6. The summed E-state index contributed by atoms with van der Waals surface area (Å²) < 4.78 is 0. The number of nitrogens with zero attached hydrogens (tertiary/aromatic N) is 1. The molecule has 76 valence electrons. The molecule has 14 heavy (non-hydrogen) atoms. The highest BCUT2D eigenvalue weighted by molar-refractivity contribution is 5.48. The molecule has 0 saturated carbocycles. The second kappa shape index (κ2) is 3.26. The first-order valence-corrected chi connectivity index (χ1v) is 4.09. The summed E-state index contributed by atoms with van der Waals surface area (Å²) in [5.74, 6) is -0.344. The second-order valence-electron chi connectivity index (χ2n) is 3.68. The number of benzene rings is 1. The van der Waals surface area contributed by atoms with Gasteiger partial charge in [-0.3, -0.25) is 10.1 Å². The van der Waals surface area contributed by atoms with Crippen LogP contribution in [0.15, 0.2) is 18.2 Å². The van der Waals surface area contributed by atoms with Crippen molar-refractivity contribution in [1.29, 1.82) is 0 Å². The number of rotatable bonds is 2. The third-order valence-electron chi connectivity index (χ3n) is 1.92. The van der Waals surface area contributed by atoms with Crippen LogP contribution in [0.3, 0.4) is 0 Å². The first kappa shape index (κ1) is 10.5. The minimum Gasteiger partial charge on any atom is -0.502 e. The lowest BCUT2D eigenvalue weighted by atomic mass is 9.95. The van der Waals surface area contributed by atoms with Crippen molar-refractivity contribution < 1.29 is 10.0 Å². The van der Waals surface area contributed by atoms with Gasteiger partial charge in [0.15, 0.2) is 5.75 Å². The van der Waals surface area contributed by atoms with E-state index < -0.39 is 10.5 Å². The molecule has 0 atom stereocenters. The third-order valence-corrected chi connectivity index (χ3v) is 1.92. The molecule has 1 aromatic carbocycles. The molecule has 0 bridgehead atoms. The largest absolute Gasteiger partial charge is 0.502 e. The Hall–Kier alpha value is -1.62. The lowest BCUT2D eigenvalue weighted by Gasteiger charge is -2.18. The standard InChI is InChI=1S/C9H12N2O3/c1-9(2,10)6-3-4-8(12)7(5-6)11(13)14/h3-5,12H,10H2,1-2H3. The molecule has 1 aromatic rings. The van der Waals surface area contributed by atoms with E-state index in [2.05, 4.69) is 0 Å². The summed E-state index contributed by atoms with van der Waals surface area (Å²) in [5.41, 5.74) is 5.41. The Morgan fingerprint density at radius 2 is 2.07 bits per heavy atom. The zero-order valence-corrected chi connectivity index (χ0v) is 8.02. The van der Waals surface area contributed by atoms with E-state index in [1.165, 1.54) is 12.1 Å². The van der Waals surface area contributed by atoms with Crippen molar-refractivity contribution in [2.75, 3.05) is 0 Å². The molecule has 0 aromatic heterocycles. The highest BCUT2D eigenvalue weighted by Crippen LogP contribution is 2.29. The Balaban J connectivity index is 3.27. The average Bonchev–Trinajstić information content (AvgIpc) is 2.02. The minimum absolute atomic E-state index is 0.318. The average molecular weight is 196 g/mol. The molecular weight excluding hydrogens is 184 g/mol. The molecule has 0 amide bonds. The van der Waals surface area contributed by atoms with Gasteiger partial charge in [0.2, 0.25) is 0 Å². The molecule has 5 nitrogen and oxygen atoms in total. The SMILES string of the molecule is CC(C)(N)c1ccc(O)c([N+](=O)[O-])c1. The van der Waals surface area contributed by atoms with E-state index in [0.717, 1.165) is 0 Å². The van der Waals surface area contributed by atoms with Gasteiger partial charge in [-0.05, 0) is 25.5 Å². The number of hydrogen-bond acceptors (Lipinski definition) is 4. The van der Waals surface area contributed by atoms with Crippen LogP contribution in [-0.4, -0.2) is 10.0 Å². The fourth-order valence-electron chi connectivity index (χ4n) is 1.07. The van der Waals surface area contributed by atoms with E-state index in [4.69, 9.17) is 5.73 Å². The van der Waals surface area contributed by atoms with E-state index >= 15 is 0 Å². The number of hydrogen-bond donors (Lipinski definition) is 2. The van der Waals surface area contributed by atoms with Crippen molar-refractivity contribution in [3.8, 4) is 5.75 Å². The van der Waals surface area contributed by atoms with Crippen LogP contribution < -0.4 is 5.73 Å². The molecule has 3 N–H and O–H groups in total. The van der Waals surface area contributed by atoms with Crippen LogP contribution in [0.4, 0.5) is 5.69 Å². The van der Waals surface area contributed by atoms with Crippen molar-refractivity contribution in [3.63, 3.8) is 0 Å². The molecule has 0 aliphatic rings. The summed E-state index contributed by atoms with van der Waals surface area (Å²) in [6, 6.07) is 4.14. The van der Waals surface area contributed by atoms with Crippen molar-refractivity contribution in [2.45, 2.75) is 19.4 Å². The van der Waals surface area contributed by atoms with Gasteiger partial charge in [0.1, 0.15) is 0 Å². The molecule has 5 heteroatoms. The molecule has 0 aliphatic carbocycles. The molecular formula is C9H12N2O3. The lowest BCUT2D eigenvalue weighted by molar-refractivity contribution is -0.386. The van der Waals surface area contributed by atoms with Crippen LogP contribution >= 0.6 is 0 Å². The number of nitrogens with two attached hydrogens (primary N) is 1. The molecule has 0 fully saturated rings. The molecule has 0 saturated heterocycles. The summed E-state index contributed by atoms with van der Waals surface area (Å²) in [6.07, 6.45) is 0. The zero-order valence-electron chi connectivity index (χ0n) is 8.02. The van der Waals surface area contributed by atoms with Crippen molar-refractivity contribution in [1.82, 2.24) is 0 Å². The second-order valence-corrected chi connectivity index (χ2v) is 3.68. The van der Waals surface area contributed by atoms with Gasteiger partial charge in [-0.15, -0.1) is 0 Å². The molecule has 0 radical (unpaired) electrons. The molecule has 0 spiro atoms. The van der Waals surface area contributed by atoms with Gasteiger partial charge in [0, 0.05) is 11.6 Å². The van der Waals surface area contributed by atoms with Crippen molar-refractivity contribution in [3.05, 3.63) is 33.9 Å². The van der Waals surface area contributed by atoms with Gasteiger partial charge >= 0.3 is 5.69 Å². The Morgan fingerprint density at radius 3 is 2.50 bits per heavy atom. The third kappa shape index (κ3) is 2.00. The lowest BCUT2D eigenvalue weighted by Crippen LogP contribution is -2.28. The summed E-state index contributed by atoms with van der Waals surface area (Å²) in [6.45, 7) is 3.48. The smallest absolute Gasteiger partial charge is 0.311 e.